The van der Waals surface area contributed by atoms with Crippen LogP contribution in [0.5, 0.6) is 0 Å². The van der Waals surface area contributed by atoms with Gasteiger partial charge >= 0.3 is 0 Å². The molecular weight excluding hydrogens is 362 g/mol. The van der Waals surface area contributed by atoms with Crippen LogP contribution in [0.1, 0.15) is 31.3 Å². The van der Waals surface area contributed by atoms with Crippen LogP contribution in [-0.2, 0) is 4.74 Å². The van der Waals surface area contributed by atoms with Gasteiger partial charge in [0.1, 0.15) is 0 Å². The van der Waals surface area contributed by atoms with E-state index in [4.69, 9.17) is 9.15 Å². The maximum atomic E-state index is 12.9. The topological polar surface area (TPSA) is 83.3 Å². The number of imide groups is 1. The van der Waals surface area contributed by atoms with E-state index in [1.54, 1.807) is 29.2 Å². The van der Waals surface area contributed by atoms with E-state index >= 15 is 0 Å². The Morgan fingerprint density at radius 1 is 1.07 bits per heavy atom. The number of methoxy groups -OCH3 is 1. The van der Waals surface area contributed by atoms with Crippen molar-refractivity contribution in [1.29, 1.82) is 0 Å². The summed E-state index contributed by atoms with van der Waals surface area (Å²) in [5.74, 6) is -0.393. The van der Waals surface area contributed by atoms with Gasteiger partial charge in [-0.2, -0.15) is 0 Å². The third-order valence-corrected chi connectivity index (χ3v) is 5.14. The second-order valence-electron chi connectivity index (χ2n) is 6.71. The highest BCUT2D eigenvalue weighted by molar-refractivity contribution is 6.23. The Labute approximate surface area is 162 Å². The fraction of sp³-hybridized carbons (Fsp3) is 0.350. The first-order valence-electron chi connectivity index (χ1n) is 9.17. The fourth-order valence-corrected chi connectivity index (χ4v) is 3.67. The van der Waals surface area contributed by atoms with Crippen molar-refractivity contribution in [1.82, 2.24) is 9.80 Å². The Balaban J connectivity index is 1.51. The minimum Gasteiger partial charge on any atom is -0.459 e. The third-order valence-electron chi connectivity index (χ3n) is 5.14. The highest BCUT2D eigenvalue weighted by atomic mass is 16.5. The summed E-state index contributed by atoms with van der Waals surface area (Å²) in [6.07, 6.45) is 1.48. The van der Waals surface area contributed by atoms with Gasteiger partial charge in [0.15, 0.2) is 5.76 Å². The molecule has 2 aliphatic heterocycles. The maximum absolute atomic E-state index is 12.9. The summed E-state index contributed by atoms with van der Waals surface area (Å²) in [5.41, 5.74) is 1.60. The van der Waals surface area contributed by atoms with Crippen molar-refractivity contribution in [3.8, 4) is 0 Å². The Hall–Kier alpha value is -3.13. The number of rotatable bonds is 5. The van der Waals surface area contributed by atoms with Crippen LogP contribution < -0.4 is 4.90 Å². The van der Waals surface area contributed by atoms with Gasteiger partial charge in [-0.15, -0.1) is 0 Å². The second-order valence-corrected chi connectivity index (χ2v) is 6.71. The molecular formula is C20H21N3O5. The third kappa shape index (κ3) is 3.05. The summed E-state index contributed by atoms with van der Waals surface area (Å²) in [7, 11) is 1.53. The van der Waals surface area contributed by atoms with Gasteiger partial charge in [-0.3, -0.25) is 19.3 Å². The zero-order chi connectivity index (χ0) is 19.7. The molecule has 4 rings (SSSR count). The number of amides is 3. The molecule has 0 radical (unpaired) electrons. The van der Waals surface area contributed by atoms with Crippen molar-refractivity contribution in [3.63, 3.8) is 0 Å². The molecule has 2 aliphatic rings. The SMILES string of the molecule is COCCN1C(=O)c2cccc(N3CCN(C(=O)c4ccco4)CC3)c2C1=O. The predicted octanol–water partition coefficient (Wildman–Crippen LogP) is 1.48. The average molecular weight is 383 g/mol. The highest BCUT2D eigenvalue weighted by Crippen LogP contribution is 2.32. The first kappa shape index (κ1) is 18.2. The number of benzene rings is 1. The molecule has 0 spiro atoms. The Morgan fingerprint density at radius 3 is 2.54 bits per heavy atom. The molecule has 28 heavy (non-hydrogen) atoms. The largest absolute Gasteiger partial charge is 0.459 e. The molecule has 146 valence electrons. The van der Waals surface area contributed by atoms with E-state index in [1.165, 1.54) is 18.3 Å². The van der Waals surface area contributed by atoms with E-state index in [-0.39, 0.29) is 24.3 Å². The lowest BCUT2D eigenvalue weighted by Gasteiger charge is -2.36. The maximum Gasteiger partial charge on any atom is 0.289 e. The number of furan rings is 1. The fourth-order valence-electron chi connectivity index (χ4n) is 3.67. The van der Waals surface area contributed by atoms with Crippen LogP contribution in [0, 0.1) is 0 Å². The van der Waals surface area contributed by atoms with Crippen molar-refractivity contribution < 1.29 is 23.5 Å². The predicted molar refractivity (Wildman–Crippen MR) is 101 cm³/mol. The van der Waals surface area contributed by atoms with Crippen molar-refractivity contribution in [3.05, 3.63) is 53.5 Å². The Bertz CT molecular complexity index is 901. The van der Waals surface area contributed by atoms with Crippen LogP contribution in [0.15, 0.2) is 41.0 Å². The summed E-state index contributed by atoms with van der Waals surface area (Å²) >= 11 is 0. The quantitative estimate of drug-likeness (QED) is 0.728. The van der Waals surface area contributed by atoms with E-state index < -0.39 is 0 Å². The first-order chi connectivity index (χ1) is 13.6. The van der Waals surface area contributed by atoms with E-state index in [1.807, 2.05) is 6.07 Å². The number of anilines is 1. The molecule has 0 atom stereocenters. The van der Waals surface area contributed by atoms with E-state index in [9.17, 15) is 14.4 Å². The van der Waals surface area contributed by atoms with Gasteiger partial charge in [-0.05, 0) is 24.3 Å². The molecule has 8 nitrogen and oxygen atoms in total. The molecule has 2 aromatic rings. The smallest absolute Gasteiger partial charge is 0.289 e. The molecule has 0 bridgehead atoms. The summed E-state index contributed by atoms with van der Waals surface area (Å²) in [4.78, 5) is 42.9. The highest BCUT2D eigenvalue weighted by Gasteiger charge is 2.38. The van der Waals surface area contributed by atoms with Gasteiger partial charge in [0.25, 0.3) is 17.7 Å². The molecule has 1 saturated heterocycles. The molecule has 1 aromatic heterocycles. The van der Waals surface area contributed by atoms with E-state index in [0.29, 0.717) is 49.7 Å². The van der Waals surface area contributed by atoms with Crippen LogP contribution in [0.3, 0.4) is 0 Å². The van der Waals surface area contributed by atoms with Crippen LogP contribution in [0.25, 0.3) is 0 Å². The standard InChI is InChI=1S/C20H21N3O5/c1-27-13-11-23-18(24)14-4-2-5-15(17(14)20(23)26)21-7-9-22(10-8-21)19(25)16-6-3-12-28-16/h2-6,12H,7-11,13H2,1H3. The molecule has 0 N–H and O–H groups in total. The number of nitrogens with zero attached hydrogens (tertiary/aromatic N) is 3. The average Bonchev–Trinajstić information content (AvgIpc) is 3.34. The zero-order valence-electron chi connectivity index (χ0n) is 15.6. The van der Waals surface area contributed by atoms with Gasteiger partial charge < -0.3 is 19.0 Å². The van der Waals surface area contributed by atoms with Gasteiger partial charge in [0.2, 0.25) is 0 Å². The van der Waals surface area contributed by atoms with E-state index in [0.717, 1.165) is 5.69 Å². The zero-order valence-corrected chi connectivity index (χ0v) is 15.6. The summed E-state index contributed by atoms with van der Waals surface area (Å²) in [5, 5.41) is 0. The number of hydrogen-bond donors (Lipinski definition) is 0. The lowest BCUT2D eigenvalue weighted by molar-refractivity contribution is 0.0602. The molecule has 1 aromatic carbocycles. The number of ether oxygens (including phenoxy) is 1. The Morgan fingerprint density at radius 2 is 1.86 bits per heavy atom. The van der Waals surface area contributed by atoms with Crippen molar-refractivity contribution in [2.45, 2.75) is 0 Å². The molecule has 0 aliphatic carbocycles. The van der Waals surface area contributed by atoms with Crippen LogP contribution in [0.4, 0.5) is 5.69 Å². The minimum atomic E-state index is -0.290. The second kappa shape index (κ2) is 7.47. The van der Waals surface area contributed by atoms with Crippen molar-refractivity contribution in [2.75, 3.05) is 51.3 Å². The molecule has 1 fully saturated rings. The molecule has 8 heteroatoms. The number of carbonyl (C=O) groups excluding carboxylic acids is 3. The minimum absolute atomic E-state index is 0.139. The van der Waals surface area contributed by atoms with Crippen molar-refractivity contribution >= 4 is 23.4 Å². The molecule has 3 heterocycles. The van der Waals surface area contributed by atoms with Gasteiger partial charge in [0, 0.05) is 33.3 Å². The monoisotopic (exact) mass is 383 g/mol. The molecule has 0 saturated carbocycles. The van der Waals surface area contributed by atoms with Crippen LogP contribution >= 0.6 is 0 Å². The number of hydrogen-bond acceptors (Lipinski definition) is 6. The molecule has 3 amide bonds. The number of fused-ring (bicyclic) bond motifs is 1. The van der Waals surface area contributed by atoms with Gasteiger partial charge in [-0.1, -0.05) is 6.07 Å². The molecule has 0 unspecified atom stereocenters. The summed E-state index contributed by atoms with van der Waals surface area (Å²) in [6.45, 7) is 2.70. The Kier molecular flexibility index (Phi) is 4.87. The lowest BCUT2D eigenvalue weighted by atomic mass is 10.1. The number of piperazine rings is 1. The van der Waals surface area contributed by atoms with Gasteiger partial charge in [0.05, 0.1) is 36.2 Å². The van der Waals surface area contributed by atoms with Crippen LogP contribution in [0.2, 0.25) is 0 Å². The lowest BCUT2D eigenvalue weighted by Crippen LogP contribution is -2.49. The van der Waals surface area contributed by atoms with Crippen LogP contribution in [-0.4, -0.2) is 74.0 Å². The summed E-state index contributed by atoms with van der Waals surface area (Å²) in [6, 6.07) is 8.67. The normalized spacial score (nSPS) is 16.7. The van der Waals surface area contributed by atoms with Gasteiger partial charge in [-0.25, -0.2) is 0 Å². The van der Waals surface area contributed by atoms with E-state index in [2.05, 4.69) is 4.90 Å². The summed E-state index contributed by atoms with van der Waals surface area (Å²) < 4.78 is 10.2. The van der Waals surface area contributed by atoms with Crippen molar-refractivity contribution in [2.24, 2.45) is 0 Å². The number of carbonyl (C=O) groups is 3. The first-order valence-corrected chi connectivity index (χ1v) is 9.17.